The van der Waals surface area contributed by atoms with E-state index >= 15 is 0 Å². The Balaban J connectivity index is 0.981. The number of nitrogens with one attached hydrogen (secondary N) is 3. The topological polar surface area (TPSA) is 227 Å². The molecule has 53 heavy (non-hydrogen) atoms. The highest BCUT2D eigenvalue weighted by molar-refractivity contribution is 6.06. The van der Waals surface area contributed by atoms with Crippen molar-refractivity contribution in [2.75, 3.05) is 18.5 Å². The molecule has 0 radical (unpaired) electrons. The van der Waals surface area contributed by atoms with E-state index in [0.717, 1.165) is 22.3 Å². The monoisotopic (exact) mass is 721 g/mol. The second-order valence-electron chi connectivity index (χ2n) is 12.6. The number of imidazole rings is 1. The smallest absolute Gasteiger partial charge is 0.407 e. The average Bonchev–Trinajstić information content (AvgIpc) is 3.83. The average molecular weight is 722 g/mol. The van der Waals surface area contributed by atoms with Crippen LogP contribution < -0.4 is 16.0 Å². The highest BCUT2D eigenvalue weighted by Crippen LogP contribution is 2.44. The molecule has 0 unspecified atom stereocenters. The quantitative estimate of drug-likeness (QED) is 0.109. The second kappa shape index (κ2) is 15.2. The summed E-state index contributed by atoms with van der Waals surface area (Å²) in [4.78, 5) is 63.0. The zero-order valence-electron chi connectivity index (χ0n) is 28.0. The van der Waals surface area contributed by atoms with Gasteiger partial charge in [-0.3, -0.25) is 19.0 Å². The van der Waals surface area contributed by atoms with Crippen molar-refractivity contribution >= 4 is 40.9 Å². The summed E-state index contributed by atoms with van der Waals surface area (Å²) in [5.74, 6) is -2.43. The molecule has 1 saturated heterocycles. The molecule has 272 valence electrons. The molecule has 16 nitrogen and oxygen atoms in total. The lowest BCUT2D eigenvalue weighted by Gasteiger charge is -2.21. The predicted molar refractivity (Wildman–Crippen MR) is 188 cm³/mol. The van der Waals surface area contributed by atoms with Crippen molar-refractivity contribution in [3.63, 3.8) is 0 Å². The number of fused-ring (bicyclic) bond motifs is 4. The van der Waals surface area contributed by atoms with Crippen LogP contribution in [-0.2, 0) is 19.1 Å². The van der Waals surface area contributed by atoms with Crippen molar-refractivity contribution in [3.8, 4) is 11.1 Å². The number of alkyl carbamates (subject to hydrolysis) is 1. The number of benzene rings is 3. The molecule has 6 N–H and O–H groups in total. The minimum atomic E-state index is -1.48. The molecule has 3 aromatic carbocycles. The van der Waals surface area contributed by atoms with Crippen LogP contribution in [0.1, 0.15) is 46.5 Å². The molecular weight excluding hydrogens is 686 g/mol. The van der Waals surface area contributed by atoms with E-state index in [9.17, 15) is 34.5 Å². The Morgan fingerprint density at radius 2 is 1.55 bits per heavy atom. The number of carboxylic acids is 1. The first-order valence-electron chi connectivity index (χ1n) is 16.9. The van der Waals surface area contributed by atoms with Gasteiger partial charge in [-0.25, -0.2) is 19.7 Å². The Hall–Kier alpha value is -6.23. The number of rotatable bonds is 12. The van der Waals surface area contributed by atoms with Gasteiger partial charge in [0.25, 0.3) is 5.91 Å². The summed E-state index contributed by atoms with van der Waals surface area (Å²) < 4.78 is 12.9. The maximum Gasteiger partial charge on any atom is 0.407 e. The van der Waals surface area contributed by atoms with Crippen LogP contribution in [0.15, 0.2) is 91.5 Å². The molecule has 0 saturated carbocycles. The summed E-state index contributed by atoms with van der Waals surface area (Å²) in [6, 6.07) is 22.9. The fourth-order valence-electron chi connectivity index (χ4n) is 6.67. The summed E-state index contributed by atoms with van der Waals surface area (Å²) in [6.45, 7) is -0.313. The van der Waals surface area contributed by atoms with Crippen molar-refractivity contribution in [1.29, 1.82) is 0 Å². The van der Waals surface area contributed by atoms with E-state index in [0.29, 0.717) is 5.56 Å². The van der Waals surface area contributed by atoms with Crippen LogP contribution in [0.25, 0.3) is 22.3 Å². The Kier molecular flexibility index (Phi) is 10.1. The maximum atomic E-state index is 13.3. The molecule has 0 bridgehead atoms. The Bertz CT molecular complexity index is 2120. The number of amides is 3. The highest BCUT2D eigenvalue weighted by atomic mass is 16.6. The predicted octanol–water partition coefficient (Wildman–Crippen LogP) is 2.59. The first kappa shape index (κ1) is 35.2. The number of anilines is 1. The third-order valence-corrected chi connectivity index (χ3v) is 9.31. The van der Waals surface area contributed by atoms with E-state index < -0.39 is 60.9 Å². The first-order valence-corrected chi connectivity index (χ1v) is 16.9. The van der Waals surface area contributed by atoms with Gasteiger partial charge in [-0.1, -0.05) is 66.7 Å². The largest absolute Gasteiger partial charge is 0.481 e. The van der Waals surface area contributed by atoms with Gasteiger partial charge in [0, 0.05) is 24.4 Å². The van der Waals surface area contributed by atoms with Crippen molar-refractivity contribution in [2.24, 2.45) is 0 Å². The van der Waals surface area contributed by atoms with Gasteiger partial charge in [0.05, 0.1) is 6.33 Å². The van der Waals surface area contributed by atoms with E-state index in [1.165, 1.54) is 17.2 Å². The number of hydrogen-bond acceptors (Lipinski definition) is 11. The fourth-order valence-corrected chi connectivity index (χ4v) is 6.67. The minimum absolute atomic E-state index is 0.0107. The number of carbonyl (C=O) groups excluding carboxylic acids is 3. The standard InChI is InChI=1S/C37H35N7O9/c45-28(46)15-14-26(42-37(51)52-17-25-23-12-6-4-10-21(23)22-11-5-7-13-24(22)25)35(50)38-16-27-30(47)31(48)36(53-27)44-19-41-29-32(39-18-40-33(29)44)43-34(49)20-8-2-1-3-9-20/h1-13,18-19,25-27,30-31,36,47-48H,14-17H2,(H,38,50)(H,42,51)(H,45,46)(H,39,40,43,49)/t26-,27+,30+,31+,36+/m0/s1. The number of carboxylic acid groups (broad SMARTS) is 1. The molecule has 16 heteroatoms. The Morgan fingerprint density at radius 1 is 0.868 bits per heavy atom. The van der Waals surface area contributed by atoms with Gasteiger partial charge in [0.2, 0.25) is 5.91 Å². The lowest BCUT2D eigenvalue weighted by Crippen LogP contribution is -2.50. The van der Waals surface area contributed by atoms with Gasteiger partial charge in [-0.2, -0.15) is 0 Å². The highest BCUT2D eigenvalue weighted by Gasteiger charge is 2.44. The molecule has 5 aromatic rings. The summed E-state index contributed by atoms with van der Waals surface area (Å²) in [6.07, 6.45) is -4.30. The summed E-state index contributed by atoms with van der Waals surface area (Å²) in [5, 5.41) is 38.9. The maximum absolute atomic E-state index is 13.3. The summed E-state index contributed by atoms with van der Waals surface area (Å²) in [5.41, 5.74) is 4.91. The van der Waals surface area contributed by atoms with Crippen LogP contribution in [0, 0.1) is 0 Å². The van der Waals surface area contributed by atoms with Gasteiger partial charge in [-0.05, 0) is 40.8 Å². The third-order valence-electron chi connectivity index (χ3n) is 9.31. The zero-order chi connectivity index (χ0) is 37.1. The molecular formula is C37H35N7O9. The molecule has 1 aliphatic heterocycles. The van der Waals surface area contributed by atoms with Gasteiger partial charge < -0.3 is 40.7 Å². The summed E-state index contributed by atoms with van der Waals surface area (Å²) >= 11 is 0. The van der Waals surface area contributed by atoms with E-state index in [1.807, 2.05) is 48.5 Å². The van der Waals surface area contributed by atoms with Crippen LogP contribution in [0.5, 0.6) is 0 Å². The molecule has 2 aliphatic rings. The number of aromatic nitrogens is 4. The van der Waals surface area contributed by atoms with Gasteiger partial charge in [0.1, 0.15) is 37.3 Å². The number of carbonyl (C=O) groups is 4. The number of aliphatic hydroxyl groups excluding tert-OH is 2. The number of ether oxygens (including phenoxy) is 2. The molecule has 2 aromatic heterocycles. The lowest BCUT2D eigenvalue weighted by molar-refractivity contribution is -0.137. The molecule has 3 heterocycles. The van der Waals surface area contributed by atoms with Crippen molar-refractivity contribution in [2.45, 2.75) is 49.3 Å². The molecule has 5 atom stereocenters. The van der Waals surface area contributed by atoms with E-state index in [2.05, 4.69) is 30.9 Å². The fraction of sp³-hybridized carbons (Fsp3) is 0.270. The van der Waals surface area contributed by atoms with Crippen molar-refractivity contribution < 1.29 is 44.0 Å². The Morgan fingerprint density at radius 3 is 2.25 bits per heavy atom. The van der Waals surface area contributed by atoms with Crippen LogP contribution in [0.4, 0.5) is 10.6 Å². The van der Waals surface area contributed by atoms with E-state index in [-0.39, 0.29) is 42.5 Å². The first-order chi connectivity index (χ1) is 25.7. The normalized spacial score (nSPS) is 19.6. The summed E-state index contributed by atoms with van der Waals surface area (Å²) in [7, 11) is 0. The Labute approximate surface area is 301 Å². The molecule has 3 amide bonds. The van der Waals surface area contributed by atoms with Crippen LogP contribution >= 0.6 is 0 Å². The minimum Gasteiger partial charge on any atom is -0.481 e. The number of nitrogens with zero attached hydrogens (tertiary/aromatic N) is 4. The van der Waals surface area contributed by atoms with E-state index in [1.54, 1.807) is 30.3 Å². The van der Waals surface area contributed by atoms with E-state index in [4.69, 9.17) is 9.47 Å². The van der Waals surface area contributed by atoms with Crippen LogP contribution in [0.3, 0.4) is 0 Å². The molecule has 0 spiro atoms. The van der Waals surface area contributed by atoms with Crippen LogP contribution in [0.2, 0.25) is 0 Å². The molecule has 7 rings (SSSR count). The van der Waals surface area contributed by atoms with Gasteiger partial charge >= 0.3 is 12.1 Å². The molecule has 1 aliphatic carbocycles. The van der Waals surface area contributed by atoms with Crippen LogP contribution in [-0.4, -0.2) is 96.2 Å². The SMILES string of the molecule is O=C(O)CC[C@H](NC(=O)OCC1c2ccccc2-c2ccccc21)C(=O)NC[C@H]1O[C@@H](n2cnc3c(NC(=O)c4ccccc4)ncnc32)[C@H](O)[C@@H]1O. The number of hydrogen-bond donors (Lipinski definition) is 6. The van der Waals surface area contributed by atoms with Gasteiger partial charge in [0.15, 0.2) is 23.2 Å². The van der Waals surface area contributed by atoms with Gasteiger partial charge in [-0.15, -0.1) is 0 Å². The number of aliphatic hydroxyl groups is 2. The number of aliphatic carboxylic acids is 1. The van der Waals surface area contributed by atoms with Crippen molar-refractivity contribution in [3.05, 3.63) is 108 Å². The second-order valence-corrected chi connectivity index (χ2v) is 12.6. The molecule has 1 fully saturated rings. The third kappa shape index (κ3) is 7.28. The lowest BCUT2D eigenvalue weighted by atomic mass is 9.98. The zero-order valence-corrected chi connectivity index (χ0v) is 28.0. The van der Waals surface area contributed by atoms with Crippen molar-refractivity contribution in [1.82, 2.24) is 30.2 Å².